The van der Waals surface area contributed by atoms with Crippen LogP contribution in [0, 0.1) is 5.82 Å². The number of nitrogens with zero attached hydrogens (tertiary/aromatic N) is 1. The second kappa shape index (κ2) is 6.57. The second-order valence-corrected chi connectivity index (χ2v) is 4.34. The van der Waals surface area contributed by atoms with Crippen molar-refractivity contribution in [1.29, 1.82) is 0 Å². The summed E-state index contributed by atoms with van der Waals surface area (Å²) in [6.07, 6.45) is 0.265. The van der Waals surface area contributed by atoms with E-state index in [0.717, 1.165) is 5.56 Å². The molecule has 0 aliphatic carbocycles. The Bertz CT molecular complexity index is 355. The standard InChI is InChI=1S/C13H21FN2O/c1-10(17)7-8-16(3)13-11(9-15-2)5-4-6-12(13)14/h4-6,10,15,17H,7-9H2,1-3H3. The SMILES string of the molecule is CNCc1cccc(F)c1N(C)CCC(C)O. The largest absolute Gasteiger partial charge is 0.393 e. The van der Waals surface area contributed by atoms with Crippen LogP contribution >= 0.6 is 0 Å². The van der Waals surface area contributed by atoms with Gasteiger partial charge in [-0.15, -0.1) is 0 Å². The molecule has 0 saturated carbocycles. The summed E-state index contributed by atoms with van der Waals surface area (Å²) in [6, 6.07) is 5.09. The maximum absolute atomic E-state index is 13.8. The van der Waals surface area contributed by atoms with Crippen LogP contribution in [0.25, 0.3) is 0 Å². The van der Waals surface area contributed by atoms with Crippen LogP contribution in [0.3, 0.4) is 0 Å². The number of para-hydroxylation sites is 1. The molecule has 1 aromatic carbocycles. The van der Waals surface area contributed by atoms with Crippen LogP contribution in [-0.2, 0) is 6.54 Å². The molecule has 0 heterocycles. The Kier molecular flexibility index (Phi) is 5.38. The molecule has 96 valence electrons. The summed E-state index contributed by atoms with van der Waals surface area (Å²) in [4.78, 5) is 1.86. The third-order valence-electron chi connectivity index (χ3n) is 2.70. The molecule has 0 aliphatic heterocycles. The molecule has 0 saturated heterocycles. The molecular formula is C13H21FN2O. The second-order valence-electron chi connectivity index (χ2n) is 4.34. The van der Waals surface area contributed by atoms with E-state index in [-0.39, 0.29) is 11.9 Å². The number of rotatable bonds is 6. The molecule has 4 heteroatoms. The summed E-state index contributed by atoms with van der Waals surface area (Å²) in [6.45, 7) is 3.01. The Morgan fingerprint density at radius 3 is 2.76 bits per heavy atom. The lowest BCUT2D eigenvalue weighted by Crippen LogP contribution is -2.24. The molecule has 2 N–H and O–H groups in total. The van der Waals surface area contributed by atoms with Gasteiger partial charge < -0.3 is 15.3 Å². The fourth-order valence-electron chi connectivity index (χ4n) is 1.81. The number of anilines is 1. The van der Waals surface area contributed by atoms with Crippen molar-refractivity contribution in [3.8, 4) is 0 Å². The zero-order valence-corrected chi connectivity index (χ0v) is 10.7. The Balaban J connectivity index is 2.86. The molecule has 0 fully saturated rings. The van der Waals surface area contributed by atoms with Gasteiger partial charge >= 0.3 is 0 Å². The molecule has 3 nitrogen and oxygen atoms in total. The lowest BCUT2D eigenvalue weighted by atomic mass is 10.1. The van der Waals surface area contributed by atoms with Crippen molar-refractivity contribution in [3.05, 3.63) is 29.6 Å². The topological polar surface area (TPSA) is 35.5 Å². The van der Waals surface area contributed by atoms with E-state index in [1.165, 1.54) is 6.07 Å². The van der Waals surface area contributed by atoms with Crippen LogP contribution in [-0.4, -0.2) is 31.9 Å². The molecule has 0 spiro atoms. The van der Waals surface area contributed by atoms with E-state index in [0.29, 0.717) is 25.2 Å². The molecule has 0 aliphatic rings. The molecule has 0 aromatic heterocycles. The number of halogens is 1. The molecule has 0 bridgehead atoms. The Labute approximate surface area is 102 Å². The number of hydrogen-bond donors (Lipinski definition) is 2. The van der Waals surface area contributed by atoms with Crippen LogP contribution in [0.15, 0.2) is 18.2 Å². The van der Waals surface area contributed by atoms with Gasteiger partial charge in [0.05, 0.1) is 11.8 Å². The van der Waals surface area contributed by atoms with Crippen molar-refractivity contribution in [1.82, 2.24) is 5.32 Å². The first kappa shape index (κ1) is 13.9. The molecule has 0 radical (unpaired) electrons. The molecule has 1 unspecified atom stereocenters. The van der Waals surface area contributed by atoms with Crippen LogP contribution in [0.4, 0.5) is 10.1 Å². The summed E-state index contributed by atoms with van der Waals surface area (Å²) < 4.78 is 13.8. The molecule has 1 aromatic rings. The predicted molar refractivity (Wildman–Crippen MR) is 68.7 cm³/mol. The van der Waals surface area contributed by atoms with E-state index in [1.807, 2.05) is 25.1 Å². The minimum Gasteiger partial charge on any atom is -0.393 e. The molecule has 1 rings (SSSR count). The van der Waals surface area contributed by atoms with Crippen molar-refractivity contribution < 1.29 is 9.50 Å². The first-order valence-corrected chi connectivity index (χ1v) is 5.87. The third kappa shape index (κ3) is 3.98. The molecular weight excluding hydrogens is 219 g/mol. The van der Waals surface area contributed by atoms with Gasteiger partial charge in [-0.25, -0.2) is 4.39 Å². The molecule has 17 heavy (non-hydrogen) atoms. The zero-order chi connectivity index (χ0) is 12.8. The maximum Gasteiger partial charge on any atom is 0.146 e. The monoisotopic (exact) mass is 240 g/mol. The summed E-state index contributed by atoms with van der Waals surface area (Å²) in [5, 5.41) is 12.3. The van der Waals surface area contributed by atoms with Crippen LogP contribution < -0.4 is 10.2 Å². The minimum atomic E-state index is -0.364. The average molecular weight is 240 g/mol. The van der Waals surface area contributed by atoms with Gasteiger partial charge in [-0.2, -0.15) is 0 Å². The van der Waals surface area contributed by atoms with E-state index in [1.54, 1.807) is 13.0 Å². The third-order valence-corrected chi connectivity index (χ3v) is 2.70. The Morgan fingerprint density at radius 2 is 2.18 bits per heavy atom. The summed E-state index contributed by atoms with van der Waals surface area (Å²) in [5.74, 6) is -0.217. The lowest BCUT2D eigenvalue weighted by Gasteiger charge is -2.23. The molecule has 0 amide bonds. The van der Waals surface area contributed by atoms with Crippen LogP contribution in [0.1, 0.15) is 18.9 Å². The average Bonchev–Trinajstić information content (AvgIpc) is 2.26. The molecule has 1 atom stereocenters. The highest BCUT2D eigenvalue weighted by atomic mass is 19.1. The van der Waals surface area contributed by atoms with Crippen LogP contribution in [0.5, 0.6) is 0 Å². The summed E-state index contributed by atoms with van der Waals surface area (Å²) >= 11 is 0. The number of hydrogen-bond acceptors (Lipinski definition) is 3. The van der Waals surface area contributed by atoms with Gasteiger partial charge in [0.15, 0.2) is 0 Å². The fourth-order valence-corrected chi connectivity index (χ4v) is 1.81. The number of benzene rings is 1. The van der Waals surface area contributed by atoms with Gasteiger partial charge in [0.1, 0.15) is 5.82 Å². The van der Waals surface area contributed by atoms with Gasteiger partial charge in [-0.1, -0.05) is 12.1 Å². The maximum atomic E-state index is 13.8. The van der Waals surface area contributed by atoms with Crippen molar-refractivity contribution in [2.45, 2.75) is 26.0 Å². The quantitative estimate of drug-likeness (QED) is 0.795. The highest BCUT2D eigenvalue weighted by Crippen LogP contribution is 2.23. The van der Waals surface area contributed by atoms with Crippen molar-refractivity contribution >= 4 is 5.69 Å². The van der Waals surface area contributed by atoms with Gasteiger partial charge in [0.2, 0.25) is 0 Å². The minimum absolute atomic E-state index is 0.217. The van der Waals surface area contributed by atoms with Crippen molar-refractivity contribution in [3.63, 3.8) is 0 Å². The normalized spacial score (nSPS) is 12.5. The Morgan fingerprint density at radius 1 is 1.47 bits per heavy atom. The zero-order valence-electron chi connectivity index (χ0n) is 10.7. The highest BCUT2D eigenvalue weighted by Gasteiger charge is 2.12. The predicted octanol–water partition coefficient (Wildman–Crippen LogP) is 1.75. The smallest absolute Gasteiger partial charge is 0.146 e. The van der Waals surface area contributed by atoms with Gasteiger partial charge in [0.25, 0.3) is 0 Å². The van der Waals surface area contributed by atoms with E-state index < -0.39 is 0 Å². The van der Waals surface area contributed by atoms with E-state index >= 15 is 0 Å². The summed E-state index contributed by atoms with van der Waals surface area (Å²) in [5.41, 5.74) is 1.54. The van der Waals surface area contributed by atoms with Crippen molar-refractivity contribution in [2.75, 3.05) is 25.5 Å². The fraction of sp³-hybridized carbons (Fsp3) is 0.538. The number of aliphatic hydroxyl groups is 1. The van der Waals surface area contributed by atoms with Crippen molar-refractivity contribution in [2.24, 2.45) is 0 Å². The van der Waals surface area contributed by atoms with Gasteiger partial charge in [-0.05, 0) is 32.0 Å². The summed E-state index contributed by atoms with van der Waals surface area (Å²) in [7, 11) is 3.68. The van der Waals surface area contributed by atoms with E-state index in [2.05, 4.69) is 5.32 Å². The van der Waals surface area contributed by atoms with E-state index in [4.69, 9.17) is 0 Å². The first-order valence-electron chi connectivity index (χ1n) is 5.87. The van der Waals surface area contributed by atoms with E-state index in [9.17, 15) is 9.50 Å². The number of aliphatic hydroxyl groups excluding tert-OH is 1. The van der Waals surface area contributed by atoms with Gasteiger partial charge in [-0.3, -0.25) is 0 Å². The number of nitrogens with one attached hydrogen (secondary N) is 1. The lowest BCUT2D eigenvalue weighted by molar-refractivity contribution is 0.186. The first-order chi connectivity index (χ1) is 8.06. The van der Waals surface area contributed by atoms with Crippen LogP contribution in [0.2, 0.25) is 0 Å². The Hall–Kier alpha value is -1.13. The van der Waals surface area contributed by atoms with Gasteiger partial charge in [0, 0.05) is 20.1 Å². The highest BCUT2D eigenvalue weighted by molar-refractivity contribution is 5.54.